The number of aromatic carboxylic acids is 1. The molecule has 0 aliphatic carbocycles. The van der Waals surface area contributed by atoms with E-state index in [1.807, 2.05) is 30.5 Å². The molecule has 3 aromatic rings. The van der Waals surface area contributed by atoms with Gasteiger partial charge in [-0.15, -0.1) is 0 Å². The van der Waals surface area contributed by atoms with E-state index in [-0.39, 0.29) is 16.9 Å². The Morgan fingerprint density at radius 2 is 2.04 bits per heavy atom. The molecule has 2 aromatic heterocycles. The number of rotatable bonds is 3. The maximum atomic E-state index is 11.3. The summed E-state index contributed by atoms with van der Waals surface area (Å²) < 4.78 is 2.06. The lowest BCUT2D eigenvalue weighted by molar-refractivity contribution is 0.0691. The fourth-order valence-corrected chi connectivity index (χ4v) is 3.43. The Kier molecular flexibility index (Phi) is 3.54. The molecule has 1 aliphatic rings. The highest BCUT2D eigenvalue weighted by Crippen LogP contribution is 2.37. The van der Waals surface area contributed by atoms with Crippen molar-refractivity contribution in [1.29, 1.82) is 0 Å². The van der Waals surface area contributed by atoms with Crippen molar-refractivity contribution in [2.75, 3.05) is 5.73 Å². The topological polar surface area (TPSA) is 107 Å². The van der Waals surface area contributed by atoms with Crippen molar-refractivity contribution < 1.29 is 9.90 Å². The van der Waals surface area contributed by atoms with Crippen LogP contribution in [0.4, 0.5) is 5.82 Å². The molecule has 1 aromatic carbocycles. The molecule has 132 valence electrons. The SMILES string of the molecule is CC1(C)Cc2c(-c3cccc(-c4cnc(N)c(C(=O)O)n4)c3)cnn2C1. The number of carboxylic acids is 1. The Morgan fingerprint density at radius 1 is 1.27 bits per heavy atom. The molecule has 0 bridgehead atoms. The fraction of sp³-hybridized carbons (Fsp3) is 0.263. The number of aromatic nitrogens is 4. The van der Waals surface area contributed by atoms with Gasteiger partial charge in [0.15, 0.2) is 11.5 Å². The highest BCUT2D eigenvalue weighted by atomic mass is 16.4. The molecular weight excluding hydrogens is 330 g/mol. The van der Waals surface area contributed by atoms with Gasteiger partial charge in [-0.1, -0.05) is 32.0 Å². The first-order chi connectivity index (χ1) is 12.3. The van der Waals surface area contributed by atoms with Crippen LogP contribution in [-0.4, -0.2) is 30.8 Å². The van der Waals surface area contributed by atoms with Gasteiger partial charge >= 0.3 is 5.97 Å². The number of hydrogen-bond acceptors (Lipinski definition) is 5. The van der Waals surface area contributed by atoms with Crippen LogP contribution in [0.25, 0.3) is 22.4 Å². The molecule has 0 saturated carbocycles. The second kappa shape index (κ2) is 5.66. The predicted octanol–water partition coefficient (Wildman–Crippen LogP) is 2.87. The van der Waals surface area contributed by atoms with Gasteiger partial charge < -0.3 is 10.8 Å². The second-order valence-corrected chi connectivity index (χ2v) is 7.38. The minimum Gasteiger partial charge on any atom is -0.476 e. The Balaban J connectivity index is 1.76. The Hall–Kier alpha value is -3.22. The molecule has 0 spiro atoms. The highest BCUT2D eigenvalue weighted by Gasteiger charge is 2.31. The zero-order valence-electron chi connectivity index (χ0n) is 14.6. The average molecular weight is 349 g/mol. The largest absolute Gasteiger partial charge is 0.476 e. The van der Waals surface area contributed by atoms with Crippen molar-refractivity contribution in [1.82, 2.24) is 19.7 Å². The summed E-state index contributed by atoms with van der Waals surface area (Å²) in [5.41, 5.74) is 10.2. The molecule has 1 aliphatic heterocycles. The van der Waals surface area contributed by atoms with Gasteiger partial charge in [0, 0.05) is 23.4 Å². The van der Waals surface area contributed by atoms with Crippen LogP contribution in [-0.2, 0) is 13.0 Å². The summed E-state index contributed by atoms with van der Waals surface area (Å²) in [5.74, 6) is -1.28. The number of nitrogen functional groups attached to an aromatic ring is 1. The van der Waals surface area contributed by atoms with E-state index in [4.69, 9.17) is 5.73 Å². The van der Waals surface area contributed by atoms with Crippen LogP contribution in [0.5, 0.6) is 0 Å². The van der Waals surface area contributed by atoms with E-state index in [1.54, 1.807) is 0 Å². The summed E-state index contributed by atoms with van der Waals surface area (Å²) in [6, 6.07) is 7.81. The van der Waals surface area contributed by atoms with Crippen molar-refractivity contribution in [3.05, 3.63) is 48.0 Å². The highest BCUT2D eigenvalue weighted by molar-refractivity contribution is 5.91. The molecule has 0 fully saturated rings. The van der Waals surface area contributed by atoms with Crippen molar-refractivity contribution >= 4 is 11.8 Å². The molecule has 0 unspecified atom stereocenters. The minimum absolute atomic E-state index is 0.0888. The van der Waals surface area contributed by atoms with Crippen LogP contribution in [0.15, 0.2) is 36.7 Å². The van der Waals surface area contributed by atoms with E-state index in [0.29, 0.717) is 5.69 Å². The number of fused-ring (bicyclic) bond motifs is 1. The third-order valence-electron chi connectivity index (χ3n) is 4.65. The molecule has 26 heavy (non-hydrogen) atoms. The van der Waals surface area contributed by atoms with E-state index in [9.17, 15) is 9.90 Å². The zero-order valence-corrected chi connectivity index (χ0v) is 14.6. The molecule has 7 nitrogen and oxygen atoms in total. The monoisotopic (exact) mass is 349 g/mol. The summed E-state index contributed by atoms with van der Waals surface area (Å²) in [6.45, 7) is 5.38. The van der Waals surface area contributed by atoms with Crippen molar-refractivity contribution in [3.63, 3.8) is 0 Å². The third-order valence-corrected chi connectivity index (χ3v) is 4.65. The lowest BCUT2D eigenvalue weighted by atomic mass is 9.89. The maximum Gasteiger partial charge on any atom is 0.358 e. The van der Waals surface area contributed by atoms with Gasteiger partial charge in [0.1, 0.15) is 0 Å². The van der Waals surface area contributed by atoms with Crippen LogP contribution in [0, 0.1) is 5.41 Å². The number of nitrogens with two attached hydrogens (primary N) is 1. The molecule has 4 rings (SSSR count). The molecular formula is C19H19N5O2. The van der Waals surface area contributed by atoms with Crippen molar-refractivity contribution in [3.8, 4) is 22.4 Å². The lowest BCUT2D eigenvalue weighted by Gasteiger charge is -2.14. The number of benzene rings is 1. The third kappa shape index (κ3) is 2.71. The van der Waals surface area contributed by atoms with Gasteiger partial charge in [-0.2, -0.15) is 5.10 Å². The normalized spacial score (nSPS) is 15.0. The number of carbonyl (C=O) groups is 1. The summed E-state index contributed by atoms with van der Waals surface area (Å²) in [4.78, 5) is 19.4. The van der Waals surface area contributed by atoms with Crippen LogP contribution in [0.1, 0.15) is 30.0 Å². The first-order valence-electron chi connectivity index (χ1n) is 8.35. The van der Waals surface area contributed by atoms with Gasteiger partial charge in [0.05, 0.1) is 18.1 Å². The van der Waals surface area contributed by atoms with E-state index >= 15 is 0 Å². The molecule has 7 heteroatoms. The minimum atomic E-state index is -1.19. The molecule has 0 radical (unpaired) electrons. The first-order valence-corrected chi connectivity index (χ1v) is 8.35. The predicted molar refractivity (Wildman–Crippen MR) is 97.5 cm³/mol. The van der Waals surface area contributed by atoms with Gasteiger partial charge in [-0.3, -0.25) is 4.68 Å². The number of hydrogen-bond donors (Lipinski definition) is 2. The van der Waals surface area contributed by atoms with Crippen molar-refractivity contribution in [2.45, 2.75) is 26.8 Å². The van der Waals surface area contributed by atoms with Crippen LogP contribution in [0.3, 0.4) is 0 Å². The van der Waals surface area contributed by atoms with E-state index in [0.717, 1.165) is 29.7 Å². The maximum absolute atomic E-state index is 11.3. The molecule has 0 atom stereocenters. The van der Waals surface area contributed by atoms with E-state index in [2.05, 4.69) is 33.6 Å². The first kappa shape index (κ1) is 16.3. The fourth-order valence-electron chi connectivity index (χ4n) is 3.43. The molecule has 3 N–H and O–H groups in total. The lowest BCUT2D eigenvalue weighted by Crippen LogP contribution is -2.12. The number of carboxylic acid groups (broad SMARTS) is 1. The summed E-state index contributed by atoms with van der Waals surface area (Å²) in [6.07, 6.45) is 4.35. The van der Waals surface area contributed by atoms with E-state index < -0.39 is 5.97 Å². The van der Waals surface area contributed by atoms with Gasteiger partial charge in [0.2, 0.25) is 0 Å². The molecule has 0 amide bonds. The second-order valence-electron chi connectivity index (χ2n) is 7.38. The Morgan fingerprint density at radius 3 is 2.81 bits per heavy atom. The van der Waals surface area contributed by atoms with Gasteiger partial charge in [-0.05, 0) is 23.5 Å². The van der Waals surface area contributed by atoms with Gasteiger partial charge in [0.25, 0.3) is 0 Å². The summed E-state index contributed by atoms with van der Waals surface area (Å²) in [5, 5.41) is 13.7. The average Bonchev–Trinajstić information content (AvgIpc) is 3.10. The number of nitrogens with zero attached hydrogens (tertiary/aromatic N) is 4. The van der Waals surface area contributed by atoms with Gasteiger partial charge in [-0.25, -0.2) is 14.8 Å². The summed E-state index contributed by atoms with van der Waals surface area (Å²) >= 11 is 0. The Labute approximate surface area is 150 Å². The summed E-state index contributed by atoms with van der Waals surface area (Å²) in [7, 11) is 0. The Bertz CT molecular complexity index is 1020. The van der Waals surface area contributed by atoms with E-state index in [1.165, 1.54) is 11.9 Å². The van der Waals surface area contributed by atoms with Crippen LogP contribution < -0.4 is 5.73 Å². The smallest absolute Gasteiger partial charge is 0.358 e. The zero-order chi connectivity index (χ0) is 18.5. The van der Waals surface area contributed by atoms with Crippen molar-refractivity contribution in [2.24, 2.45) is 5.41 Å². The quantitative estimate of drug-likeness (QED) is 0.753. The number of anilines is 1. The molecule has 3 heterocycles. The van der Waals surface area contributed by atoms with Crippen LogP contribution >= 0.6 is 0 Å². The van der Waals surface area contributed by atoms with Crippen LogP contribution in [0.2, 0.25) is 0 Å². The molecule has 0 saturated heterocycles. The standard InChI is InChI=1S/C19H19N5O2/c1-19(2)7-15-13(8-22-24(15)10-19)11-4-3-5-12(6-11)14-9-21-17(20)16(23-14)18(25)26/h3-6,8-9H,7,10H2,1-2H3,(H2,20,21)(H,25,26).